The summed E-state index contributed by atoms with van der Waals surface area (Å²) in [7, 11) is 0. The smallest absolute Gasteiger partial charge is 0.228 e. The van der Waals surface area contributed by atoms with Gasteiger partial charge in [-0.25, -0.2) is 4.98 Å². The summed E-state index contributed by atoms with van der Waals surface area (Å²) in [6.07, 6.45) is 2.12. The van der Waals surface area contributed by atoms with Gasteiger partial charge in [-0.3, -0.25) is 4.79 Å². The molecule has 0 radical (unpaired) electrons. The quantitative estimate of drug-likeness (QED) is 0.798. The third-order valence-corrected chi connectivity index (χ3v) is 3.28. The number of hydrogen-bond acceptors (Lipinski definition) is 3. The van der Waals surface area contributed by atoms with E-state index >= 15 is 0 Å². The second-order valence-electron chi connectivity index (χ2n) is 3.36. The summed E-state index contributed by atoms with van der Waals surface area (Å²) >= 11 is 6.73. The van der Waals surface area contributed by atoms with Gasteiger partial charge in [0, 0.05) is 28.5 Å². The topological polar surface area (TPSA) is 59.2 Å². The molecule has 1 aliphatic heterocycles. The predicted molar refractivity (Wildman–Crippen MR) is 66.0 cm³/mol. The molecule has 0 aliphatic carbocycles. The first-order valence-corrected chi connectivity index (χ1v) is 6.14. The van der Waals surface area contributed by atoms with Crippen LogP contribution >= 0.6 is 31.9 Å². The molecule has 1 atom stereocenters. The van der Waals surface area contributed by atoms with Gasteiger partial charge in [0.15, 0.2) is 0 Å². The van der Waals surface area contributed by atoms with E-state index in [1.807, 2.05) is 6.07 Å². The number of hydrogen-bond donors (Lipinski definition) is 1. The first-order chi connectivity index (χ1) is 7.08. The fraction of sp³-hybridized carbons (Fsp3) is 0.333. The molecule has 1 unspecified atom stereocenters. The Labute approximate surface area is 104 Å². The van der Waals surface area contributed by atoms with Crippen LogP contribution in [0.15, 0.2) is 16.7 Å². The van der Waals surface area contributed by atoms with Gasteiger partial charge in [0.25, 0.3) is 0 Å². The molecule has 1 aromatic rings. The molecule has 0 spiro atoms. The monoisotopic (exact) mass is 333 g/mol. The summed E-state index contributed by atoms with van der Waals surface area (Å²) in [6, 6.07) is 1.81. The van der Waals surface area contributed by atoms with E-state index in [-0.39, 0.29) is 10.7 Å². The Hall–Kier alpha value is -0.620. The van der Waals surface area contributed by atoms with E-state index in [9.17, 15) is 4.79 Å². The molecule has 15 heavy (non-hydrogen) atoms. The highest BCUT2D eigenvalue weighted by Crippen LogP contribution is 2.30. The molecule has 1 amide bonds. The molecule has 6 heteroatoms. The molecule has 0 bridgehead atoms. The highest BCUT2D eigenvalue weighted by molar-refractivity contribution is 9.10. The fourth-order valence-electron chi connectivity index (χ4n) is 1.55. The van der Waals surface area contributed by atoms with Gasteiger partial charge in [-0.2, -0.15) is 0 Å². The first-order valence-electron chi connectivity index (χ1n) is 4.43. The average Bonchev–Trinajstić information content (AvgIpc) is 2.50. The predicted octanol–water partition coefficient (Wildman–Crippen LogP) is 1.93. The van der Waals surface area contributed by atoms with Crippen molar-refractivity contribution in [2.24, 2.45) is 0 Å². The van der Waals surface area contributed by atoms with Crippen LogP contribution in [0, 0.1) is 0 Å². The lowest BCUT2D eigenvalue weighted by Gasteiger charge is -2.17. The Morgan fingerprint density at radius 1 is 1.60 bits per heavy atom. The normalized spacial score (nSPS) is 21.1. The van der Waals surface area contributed by atoms with E-state index in [1.54, 1.807) is 11.1 Å². The lowest BCUT2D eigenvalue weighted by molar-refractivity contribution is -0.117. The third kappa shape index (κ3) is 2.15. The van der Waals surface area contributed by atoms with Gasteiger partial charge in [0.2, 0.25) is 5.91 Å². The average molecular weight is 335 g/mol. The molecule has 80 valence electrons. The molecule has 1 aliphatic rings. The van der Waals surface area contributed by atoms with E-state index < -0.39 is 0 Å². The van der Waals surface area contributed by atoms with E-state index in [1.165, 1.54) is 0 Å². The van der Waals surface area contributed by atoms with Crippen LogP contribution in [0.3, 0.4) is 0 Å². The lowest BCUT2D eigenvalue weighted by atomic mass is 10.3. The zero-order valence-electron chi connectivity index (χ0n) is 7.78. The number of halogens is 2. The second kappa shape index (κ2) is 4.09. The van der Waals surface area contributed by atoms with Crippen molar-refractivity contribution < 1.29 is 4.79 Å². The van der Waals surface area contributed by atoms with E-state index in [2.05, 4.69) is 36.8 Å². The molecule has 1 aromatic heterocycles. The number of carbonyl (C=O) groups excluding carboxylic acids is 1. The van der Waals surface area contributed by atoms with Crippen molar-refractivity contribution in [2.75, 3.05) is 17.2 Å². The maximum Gasteiger partial charge on any atom is 0.228 e. The standard InChI is InChI=1S/C9H9Br2N3O/c10-5-1-7(9(12)13-3-5)14-4-6(11)2-8(14)15/h1,3,6H,2,4H2,(H2,12,13). The van der Waals surface area contributed by atoms with Crippen molar-refractivity contribution in [1.29, 1.82) is 0 Å². The first kappa shape index (κ1) is 10.9. The molecule has 4 nitrogen and oxygen atoms in total. The van der Waals surface area contributed by atoms with Gasteiger partial charge in [-0.15, -0.1) is 0 Å². The number of nitrogens with two attached hydrogens (primary N) is 1. The number of aromatic nitrogens is 1. The number of carbonyl (C=O) groups is 1. The summed E-state index contributed by atoms with van der Waals surface area (Å²) in [5.74, 6) is 0.455. The van der Waals surface area contributed by atoms with Crippen LogP contribution in [0.2, 0.25) is 0 Å². The third-order valence-electron chi connectivity index (χ3n) is 2.23. The van der Waals surface area contributed by atoms with Crippen LogP contribution in [0.25, 0.3) is 0 Å². The van der Waals surface area contributed by atoms with Gasteiger partial charge in [0.05, 0.1) is 5.69 Å². The minimum absolute atomic E-state index is 0.0727. The maximum atomic E-state index is 11.6. The Kier molecular flexibility index (Phi) is 2.97. The largest absolute Gasteiger partial charge is 0.382 e. The summed E-state index contributed by atoms with van der Waals surface area (Å²) in [4.78, 5) is 17.5. The molecule has 2 rings (SSSR count). The van der Waals surface area contributed by atoms with Crippen LogP contribution in [-0.4, -0.2) is 22.3 Å². The van der Waals surface area contributed by atoms with Crippen LogP contribution < -0.4 is 10.6 Å². The molecule has 1 fully saturated rings. The Balaban J connectivity index is 2.37. The molecule has 2 heterocycles. The van der Waals surface area contributed by atoms with Crippen LogP contribution in [0.4, 0.5) is 11.5 Å². The summed E-state index contributed by atoms with van der Waals surface area (Å²) in [5.41, 5.74) is 6.41. The second-order valence-corrected chi connectivity index (χ2v) is 5.57. The van der Waals surface area contributed by atoms with E-state index in [0.29, 0.717) is 24.5 Å². The van der Waals surface area contributed by atoms with Crippen molar-refractivity contribution in [3.63, 3.8) is 0 Å². The number of nitrogens with zero attached hydrogens (tertiary/aromatic N) is 2. The van der Waals surface area contributed by atoms with Crippen molar-refractivity contribution >= 4 is 49.3 Å². The fourth-order valence-corrected chi connectivity index (χ4v) is 2.44. The van der Waals surface area contributed by atoms with Gasteiger partial charge >= 0.3 is 0 Å². The lowest BCUT2D eigenvalue weighted by Crippen LogP contribution is -2.25. The Morgan fingerprint density at radius 2 is 2.33 bits per heavy atom. The number of amides is 1. The number of alkyl halides is 1. The van der Waals surface area contributed by atoms with Crippen molar-refractivity contribution in [3.05, 3.63) is 16.7 Å². The zero-order chi connectivity index (χ0) is 11.0. The number of pyridine rings is 1. The minimum atomic E-state index is 0.0727. The zero-order valence-corrected chi connectivity index (χ0v) is 11.0. The number of anilines is 2. The number of rotatable bonds is 1. The van der Waals surface area contributed by atoms with Crippen molar-refractivity contribution in [1.82, 2.24) is 4.98 Å². The highest BCUT2D eigenvalue weighted by atomic mass is 79.9. The maximum absolute atomic E-state index is 11.6. The summed E-state index contributed by atoms with van der Waals surface area (Å²) in [6.45, 7) is 0.640. The molecular weight excluding hydrogens is 326 g/mol. The van der Waals surface area contributed by atoms with E-state index in [4.69, 9.17) is 5.73 Å². The van der Waals surface area contributed by atoms with Crippen molar-refractivity contribution in [2.45, 2.75) is 11.2 Å². The molecule has 0 saturated carbocycles. The van der Waals surface area contributed by atoms with Crippen LogP contribution in [0.1, 0.15) is 6.42 Å². The van der Waals surface area contributed by atoms with Crippen LogP contribution in [0.5, 0.6) is 0 Å². The molecular formula is C9H9Br2N3O. The van der Waals surface area contributed by atoms with Gasteiger partial charge in [-0.1, -0.05) is 15.9 Å². The number of nitrogen functional groups attached to an aromatic ring is 1. The Bertz CT molecular complexity index is 410. The summed E-state index contributed by atoms with van der Waals surface area (Å²) < 4.78 is 0.817. The SMILES string of the molecule is Nc1ncc(Br)cc1N1CC(Br)CC1=O. The summed E-state index contributed by atoms with van der Waals surface area (Å²) in [5, 5.41) is 0. The molecule has 0 aromatic carbocycles. The van der Waals surface area contributed by atoms with Crippen LogP contribution in [-0.2, 0) is 4.79 Å². The minimum Gasteiger partial charge on any atom is -0.382 e. The van der Waals surface area contributed by atoms with Gasteiger partial charge in [0.1, 0.15) is 5.82 Å². The van der Waals surface area contributed by atoms with E-state index in [0.717, 1.165) is 4.47 Å². The van der Waals surface area contributed by atoms with Crippen molar-refractivity contribution in [3.8, 4) is 0 Å². The molecule has 1 saturated heterocycles. The highest BCUT2D eigenvalue weighted by Gasteiger charge is 2.30. The molecule has 2 N–H and O–H groups in total. The van der Waals surface area contributed by atoms with Gasteiger partial charge in [-0.05, 0) is 22.0 Å². The van der Waals surface area contributed by atoms with Gasteiger partial charge < -0.3 is 10.6 Å². The Morgan fingerprint density at radius 3 is 2.93 bits per heavy atom.